The van der Waals surface area contributed by atoms with Crippen LogP contribution in [0, 0.1) is 6.92 Å². The van der Waals surface area contributed by atoms with Gasteiger partial charge in [-0.2, -0.15) is 4.99 Å². The van der Waals surface area contributed by atoms with Crippen LogP contribution in [0.2, 0.25) is 0 Å². The standard InChI is InChI=1S/C21H22N2O3S/c1-4-16(20(25)26-5-2)23-17-8-6-7-9-18(17)27-21(23)22-19(24)15-12-10-14(3)11-13-15/h6-13,16H,4-5H2,1-3H3. The Balaban J connectivity index is 2.16. The van der Waals surface area contributed by atoms with E-state index in [0.717, 1.165) is 15.8 Å². The van der Waals surface area contributed by atoms with E-state index in [1.54, 1.807) is 19.1 Å². The smallest absolute Gasteiger partial charge is 0.329 e. The van der Waals surface area contributed by atoms with Gasteiger partial charge in [0.15, 0.2) is 4.80 Å². The minimum absolute atomic E-state index is 0.312. The van der Waals surface area contributed by atoms with Crippen molar-refractivity contribution in [2.75, 3.05) is 6.61 Å². The maximum Gasteiger partial charge on any atom is 0.329 e. The first-order valence-electron chi connectivity index (χ1n) is 8.97. The highest BCUT2D eigenvalue weighted by atomic mass is 32.1. The molecule has 0 aliphatic carbocycles. The maximum absolute atomic E-state index is 12.7. The summed E-state index contributed by atoms with van der Waals surface area (Å²) in [5.41, 5.74) is 2.48. The van der Waals surface area contributed by atoms with Gasteiger partial charge >= 0.3 is 5.97 Å². The first kappa shape index (κ1) is 19.0. The molecule has 0 fully saturated rings. The predicted octanol–water partition coefficient (Wildman–Crippen LogP) is 4.27. The number of hydrogen-bond donors (Lipinski definition) is 0. The number of nitrogens with zero attached hydrogens (tertiary/aromatic N) is 2. The number of aryl methyl sites for hydroxylation is 1. The summed E-state index contributed by atoms with van der Waals surface area (Å²) in [5.74, 6) is -0.637. The van der Waals surface area contributed by atoms with Crippen molar-refractivity contribution in [3.05, 3.63) is 64.5 Å². The van der Waals surface area contributed by atoms with Crippen molar-refractivity contribution in [1.29, 1.82) is 0 Å². The third-order valence-corrected chi connectivity index (χ3v) is 5.32. The number of amides is 1. The van der Waals surface area contributed by atoms with Gasteiger partial charge in [-0.1, -0.05) is 48.1 Å². The van der Waals surface area contributed by atoms with Crippen molar-refractivity contribution in [2.45, 2.75) is 33.2 Å². The molecule has 140 valence electrons. The number of carbonyl (C=O) groups excluding carboxylic acids is 2. The van der Waals surface area contributed by atoms with Gasteiger partial charge < -0.3 is 9.30 Å². The lowest BCUT2D eigenvalue weighted by molar-refractivity contribution is -0.147. The van der Waals surface area contributed by atoms with E-state index >= 15 is 0 Å². The number of thiazole rings is 1. The van der Waals surface area contributed by atoms with Crippen molar-refractivity contribution in [3.63, 3.8) is 0 Å². The van der Waals surface area contributed by atoms with Gasteiger partial charge in [0, 0.05) is 5.56 Å². The number of fused-ring (bicyclic) bond motifs is 1. The molecule has 3 aromatic rings. The Morgan fingerprint density at radius 3 is 2.48 bits per heavy atom. The van der Waals surface area contributed by atoms with E-state index in [9.17, 15) is 9.59 Å². The van der Waals surface area contributed by atoms with Gasteiger partial charge in [0.05, 0.1) is 16.8 Å². The van der Waals surface area contributed by atoms with Crippen molar-refractivity contribution in [2.24, 2.45) is 4.99 Å². The Bertz CT molecular complexity index is 1030. The number of rotatable bonds is 5. The molecule has 0 N–H and O–H groups in total. The molecule has 2 aromatic carbocycles. The molecule has 1 unspecified atom stereocenters. The summed E-state index contributed by atoms with van der Waals surface area (Å²) in [4.78, 5) is 30.0. The van der Waals surface area contributed by atoms with E-state index < -0.39 is 6.04 Å². The Morgan fingerprint density at radius 2 is 1.81 bits per heavy atom. The summed E-state index contributed by atoms with van der Waals surface area (Å²) in [6.45, 7) is 5.99. The zero-order valence-electron chi connectivity index (χ0n) is 15.6. The Labute approximate surface area is 161 Å². The van der Waals surface area contributed by atoms with Crippen LogP contribution in [0.5, 0.6) is 0 Å². The van der Waals surface area contributed by atoms with Crippen LogP contribution in [0.4, 0.5) is 0 Å². The van der Waals surface area contributed by atoms with Crippen LogP contribution in [-0.4, -0.2) is 23.1 Å². The van der Waals surface area contributed by atoms with Crippen molar-refractivity contribution in [3.8, 4) is 0 Å². The maximum atomic E-state index is 12.7. The fourth-order valence-electron chi connectivity index (χ4n) is 2.91. The number of hydrogen-bond acceptors (Lipinski definition) is 4. The molecule has 0 saturated carbocycles. The zero-order chi connectivity index (χ0) is 19.4. The average Bonchev–Trinajstić information content (AvgIpc) is 3.01. The van der Waals surface area contributed by atoms with Crippen molar-refractivity contribution >= 4 is 33.4 Å². The number of para-hydroxylation sites is 1. The normalized spacial score (nSPS) is 12.9. The minimum atomic E-state index is -0.523. The first-order valence-corrected chi connectivity index (χ1v) is 9.79. The van der Waals surface area contributed by atoms with Gasteiger partial charge in [-0.25, -0.2) is 4.79 Å². The molecule has 0 aliphatic rings. The van der Waals surface area contributed by atoms with Crippen LogP contribution < -0.4 is 4.80 Å². The van der Waals surface area contributed by atoms with Crippen LogP contribution in [0.25, 0.3) is 10.2 Å². The Kier molecular flexibility index (Phi) is 5.86. The van der Waals surface area contributed by atoms with Gasteiger partial charge in [-0.3, -0.25) is 4.79 Å². The SMILES string of the molecule is CCOC(=O)C(CC)n1c(=NC(=O)c2ccc(C)cc2)sc2ccccc21. The summed E-state index contributed by atoms with van der Waals surface area (Å²) in [6.07, 6.45) is 0.547. The molecular formula is C21H22N2O3S. The third-order valence-electron chi connectivity index (χ3n) is 4.28. The number of ether oxygens (including phenoxy) is 1. The van der Waals surface area contributed by atoms with E-state index in [1.165, 1.54) is 11.3 Å². The average molecular weight is 382 g/mol. The Hall–Kier alpha value is -2.73. The summed E-state index contributed by atoms with van der Waals surface area (Å²) >= 11 is 1.40. The second-order valence-electron chi connectivity index (χ2n) is 6.18. The molecule has 1 aromatic heterocycles. The quantitative estimate of drug-likeness (QED) is 0.619. The summed E-state index contributed by atoms with van der Waals surface area (Å²) in [6, 6.07) is 14.5. The lowest BCUT2D eigenvalue weighted by Gasteiger charge is -2.16. The van der Waals surface area contributed by atoms with E-state index in [1.807, 2.05) is 54.8 Å². The molecule has 1 amide bonds. The number of carbonyl (C=O) groups is 2. The monoisotopic (exact) mass is 382 g/mol. The lowest BCUT2D eigenvalue weighted by atomic mass is 10.1. The molecule has 0 saturated heterocycles. The largest absolute Gasteiger partial charge is 0.464 e. The van der Waals surface area contributed by atoms with Crippen LogP contribution in [0.3, 0.4) is 0 Å². The molecule has 3 rings (SSSR count). The Morgan fingerprint density at radius 1 is 1.11 bits per heavy atom. The molecule has 0 aliphatic heterocycles. The van der Waals surface area contributed by atoms with Crippen LogP contribution in [0.1, 0.15) is 42.2 Å². The molecule has 5 nitrogen and oxygen atoms in total. The van der Waals surface area contributed by atoms with Crippen molar-refractivity contribution in [1.82, 2.24) is 4.57 Å². The van der Waals surface area contributed by atoms with Crippen LogP contribution in [0.15, 0.2) is 53.5 Å². The summed E-state index contributed by atoms with van der Waals surface area (Å²) in [7, 11) is 0. The molecule has 1 atom stereocenters. The molecule has 1 heterocycles. The molecular weight excluding hydrogens is 360 g/mol. The zero-order valence-corrected chi connectivity index (χ0v) is 16.5. The van der Waals surface area contributed by atoms with Gasteiger partial charge in [-0.05, 0) is 44.5 Å². The highest BCUT2D eigenvalue weighted by Crippen LogP contribution is 2.23. The number of aromatic nitrogens is 1. The second kappa shape index (κ2) is 8.31. The summed E-state index contributed by atoms with van der Waals surface area (Å²) in [5, 5.41) is 0. The second-order valence-corrected chi connectivity index (χ2v) is 7.19. The fraction of sp³-hybridized carbons (Fsp3) is 0.286. The lowest BCUT2D eigenvalue weighted by Crippen LogP contribution is -2.29. The van der Waals surface area contributed by atoms with Crippen LogP contribution in [-0.2, 0) is 9.53 Å². The summed E-state index contributed by atoms with van der Waals surface area (Å²) < 4.78 is 8.04. The molecule has 6 heteroatoms. The fourth-order valence-corrected chi connectivity index (χ4v) is 3.98. The molecule has 0 spiro atoms. The van der Waals surface area contributed by atoms with Gasteiger partial charge in [-0.15, -0.1) is 0 Å². The van der Waals surface area contributed by atoms with Gasteiger partial charge in [0.2, 0.25) is 0 Å². The van der Waals surface area contributed by atoms with Crippen LogP contribution >= 0.6 is 11.3 Å². The van der Waals surface area contributed by atoms with Crippen molar-refractivity contribution < 1.29 is 14.3 Å². The van der Waals surface area contributed by atoms with E-state index in [0.29, 0.717) is 23.4 Å². The van der Waals surface area contributed by atoms with E-state index in [2.05, 4.69) is 4.99 Å². The number of esters is 1. The van der Waals surface area contributed by atoms with E-state index in [-0.39, 0.29) is 11.9 Å². The predicted molar refractivity (Wildman–Crippen MR) is 107 cm³/mol. The minimum Gasteiger partial charge on any atom is -0.464 e. The first-order chi connectivity index (χ1) is 13.0. The third kappa shape index (κ3) is 4.01. The molecule has 0 bridgehead atoms. The highest BCUT2D eigenvalue weighted by molar-refractivity contribution is 7.16. The van der Waals surface area contributed by atoms with E-state index in [4.69, 9.17) is 4.74 Å². The topological polar surface area (TPSA) is 60.7 Å². The van der Waals surface area contributed by atoms with Gasteiger partial charge in [0.1, 0.15) is 6.04 Å². The number of benzene rings is 2. The molecule has 0 radical (unpaired) electrons. The molecule has 27 heavy (non-hydrogen) atoms. The van der Waals surface area contributed by atoms with Gasteiger partial charge in [0.25, 0.3) is 5.91 Å². The highest BCUT2D eigenvalue weighted by Gasteiger charge is 2.23.